The highest BCUT2D eigenvalue weighted by molar-refractivity contribution is 5.91. The number of amides is 1. The molecule has 0 fully saturated rings. The van der Waals surface area contributed by atoms with E-state index in [0.717, 1.165) is 14.8 Å². The normalized spacial score (nSPS) is 12.1. The number of rotatable bonds is 7. The molecule has 3 aromatic carbocycles. The van der Waals surface area contributed by atoms with Gasteiger partial charge in [0.1, 0.15) is 5.82 Å². The third-order valence-electron chi connectivity index (χ3n) is 6.26. The van der Waals surface area contributed by atoms with Crippen molar-refractivity contribution in [2.45, 2.75) is 32.9 Å². The van der Waals surface area contributed by atoms with Gasteiger partial charge in [0, 0.05) is 12.1 Å². The second kappa shape index (κ2) is 10.3. The van der Waals surface area contributed by atoms with E-state index < -0.39 is 28.7 Å². The predicted molar refractivity (Wildman–Crippen MR) is 137 cm³/mol. The summed E-state index contributed by atoms with van der Waals surface area (Å²) in [5, 5.41) is 6.80. The maximum absolute atomic E-state index is 14.4. The molecule has 1 amide bonds. The van der Waals surface area contributed by atoms with E-state index in [-0.39, 0.29) is 31.4 Å². The van der Waals surface area contributed by atoms with Crippen LogP contribution in [0.2, 0.25) is 0 Å². The quantitative estimate of drug-likeness (QED) is 0.404. The number of nitrogens with one attached hydrogen (secondary N) is 1. The fourth-order valence-corrected chi connectivity index (χ4v) is 4.08. The van der Waals surface area contributed by atoms with Crippen molar-refractivity contribution in [1.29, 1.82) is 0 Å². The van der Waals surface area contributed by atoms with Crippen LogP contribution in [0.3, 0.4) is 0 Å². The van der Waals surface area contributed by atoms with Crippen LogP contribution in [-0.4, -0.2) is 27.0 Å². The monoisotopic (exact) mass is 516 g/mol. The number of carbonyl (C=O) groups excluding carboxylic acids is 1. The highest BCUT2D eigenvalue weighted by Gasteiger charge is 2.22. The zero-order valence-electron chi connectivity index (χ0n) is 20.8. The Labute approximate surface area is 217 Å². The third-order valence-corrected chi connectivity index (χ3v) is 6.26. The standard InChI is InChI=1S/C28H25FN4O5/c1-17(2)19-8-10-21(11-9-19)33-28(36)32(15-20-5-3-4-6-22(20)29)27(35)25(31-33)26(34)30-14-18-7-12-23-24(13-18)38-16-37-23/h3-13,17H,14-16H2,1-2H3,(H,30,34). The van der Waals surface area contributed by atoms with Crippen LogP contribution in [0.4, 0.5) is 4.39 Å². The number of halogens is 1. The number of carbonyl (C=O) groups is 1. The number of fused-ring (bicyclic) bond motifs is 1. The maximum Gasteiger partial charge on any atom is 0.352 e. The Bertz CT molecular complexity index is 1630. The lowest BCUT2D eigenvalue weighted by Crippen LogP contribution is -2.46. The van der Waals surface area contributed by atoms with Crippen LogP contribution in [0.5, 0.6) is 11.5 Å². The first kappa shape index (κ1) is 24.9. The molecule has 194 valence electrons. The van der Waals surface area contributed by atoms with Gasteiger partial charge in [-0.2, -0.15) is 9.78 Å². The summed E-state index contributed by atoms with van der Waals surface area (Å²) in [6.45, 7) is 3.91. The molecule has 0 radical (unpaired) electrons. The van der Waals surface area contributed by atoms with Crippen molar-refractivity contribution in [3.05, 3.63) is 116 Å². The van der Waals surface area contributed by atoms with E-state index in [0.29, 0.717) is 22.7 Å². The zero-order chi connectivity index (χ0) is 26.8. The predicted octanol–water partition coefficient (Wildman–Crippen LogP) is 3.36. The number of aromatic nitrogens is 3. The lowest BCUT2D eigenvalue weighted by atomic mass is 10.0. The molecule has 1 aliphatic heterocycles. The van der Waals surface area contributed by atoms with E-state index >= 15 is 0 Å². The Morgan fingerprint density at radius 1 is 1.03 bits per heavy atom. The average molecular weight is 517 g/mol. The summed E-state index contributed by atoms with van der Waals surface area (Å²) in [5.41, 5.74) is 0.0573. The second-order valence-corrected chi connectivity index (χ2v) is 9.14. The summed E-state index contributed by atoms with van der Waals surface area (Å²) in [6.07, 6.45) is 0. The molecule has 10 heteroatoms. The van der Waals surface area contributed by atoms with Crippen LogP contribution < -0.4 is 26.0 Å². The van der Waals surface area contributed by atoms with Crippen molar-refractivity contribution in [3.63, 3.8) is 0 Å². The third kappa shape index (κ3) is 4.93. The SMILES string of the molecule is CC(C)c1ccc(-n2nc(C(=O)NCc3ccc4c(c3)OCO4)c(=O)n(Cc3ccccc3F)c2=O)cc1. The van der Waals surface area contributed by atoms with Crippen LogP contribution >= 0.6 is 0 Å². The van der Waals surface area contributed by atoms with Crippen LogP contribution in [-0.2, 0) is 13.1 Å². The first-order valence-electron chi connectivity index (χ1n) is 12.1. The summed E-state index contributed by atoms with van der Waals surface area (Å²) in [4.78, 5) is 39.8. The second-order valence-electron chi connectivity index (χ2n) is 9.14. The summed E-state index contributed by atoms with van der Waals surface area (Å²) in [6, 6.07) is 18.1. The van der Waals surface area contributed by atoms with E-state index in [2.05, 4.69) is 10.4 Å². The maximum atomic E-state index is 14.4. The van der Waals surface area contributed by atoms with Crippen LogP contribution in [0, 0.1) is 5.82 Å². The molecule has 1 aromatic heterocycles. The number of nitrogens with zero attached hydrogens (tertiary/aromatic N) is 3. The molecule has 2 heterocycles. The van der Waals surface area contributed by atoms with E-state index in [1.807, 2.05) is 26.0 Å². The number of hydrogen-bond donors (Lipinski definition) is 1. The minimum absolute atomic E-state index is 0.0755. The molecule has 1 N–H and O–H groups in total. The van der Waals surface area contributed by atoms with Crippen molar-refractivity contribution in [2.24, 2.45) is 0 Å². The topological polar surface area (TPSA) is 104 Å². The molecule has 1 aliphatic rings. The average Bonchev–Trinajstić information content (AvgIpc) is 3.39. The Hall–Kier alpha value is -4.73. The van der Waals surface area contributed by atoms with Crippen molar-refractivity contribution in [2.75, 3.05) is 6.79 Å². The molecule has 0 aliphatic carbocycles. The van der Waals surface area contributed by atoms with E-state index in [4.69, 9.17) is 9.47 Å². The molecule has 4 aromatic rings. The molecule has 0 spiro atoms. The summed E-state index contributed by atoms with van der Waals surface area (Å²) in [5.74, 6) is 0.0786. The molecule has 0 saturated carbocycles. The van der Waals surface area contributed by atoms with Crippen LogP contribution in [0.15, 0.2) is 76.3 Å². The van der Waals surface area contributed by atoms with Crippen molar-refractivity contribution in [1.82, 2.24) is 19.7 Å². The largest absolute Gasteiger partial charge is 0.454 e. The van der Waals surface area contributed by atoms with Gasteiger partial charge in [0.15, 0.2) is 11.5 Å². The van der Waals surface area contributed by atoms with Crippen LogP contribution in [0.25, 0.3) is 5.69 Å². The Morgan fingerprint density at radius 2 is 1.76 bits per heavy atom. The highest BCUT2D eigenvalue weighted by Crippen LogP contribution is 2.32. The molecule has 0 atom stereocenters. The number of hydrogen-bond acceptors (Lipinski definition) is 6. The van der Waals surface area contributed by atoms with Gasteiger partial charge in [0.2, 0.25) is 12.5 Å². The van der Waals surface area contributed by atoms with Gasteiger partial charge < -0.3 is 14.8 Å². The molecular weight excluding hydrogens is 491 g/mol. The summed E-state index contributed by atoms with van der Waals surface area (Å²) >= 11 is 0. The van der Waals surface area contributed by atoms with E-state index in [9.17, 15) is 18.8 Å². The number of ether oxygens (including phenoxy) is 2. The molecular formula is C28H25FN4O5. The van der Waals surface area contributed by atoms with Gasteiger partial charge in [0.25, 0.3) is 11.5 Å². The zero-order valence-corrected chi connectivity index (χ0v) is 20.8. The number of benzene rings is 3. The molecule has 5 rings (SSSR count). The van der Waals surface area contributed by atoms with Crippen molar-refractivity contribution in [3.8, 4) is 17.2 Å². The highest BCUT2D eigenvalue weighted by atomic mass is 19.1. The van der Waals surface area contributed by atoms with Crippen molar-refractivity contribution < 1.29 is 18.7 Å². The van der Waals surface area contributed by atoms with Gasteiger partial charge in [0.05, 0.1) is 12.2 Å². The van der Waals surface area contributed by atoms with E-state index in [1.54, 1.807) is 36.4 Å². The molecule has 9 nitrogen and oxygen atoms in total. The van der Waals surface area contributed by atoms with Gasteiger partial charge >= 0.3 is 5.69 Å². The Morgan fingerprint density at radius 3 is 2.50 bits per heavy atom. The van der Waals surface area contributed by atoms with Gasteiger partial charge in [-0.3, -0.25) is 14.2 Å². The van der Waals surface area contributed by atoms with Gasteiger partial charge in [-0.1, -0.05) is 50.2 Å². The summed E-state index contributed by atoms with van der Waals surface area (Å²) < 4.78 is 26.9. The van der Waals surface area contributed by atoms with Gasteiger partial charge in [-0.15, -0.1) is 0 Å². The Kier molecular flexibility index (Phi) is 6.78. The summed E-state index contributed by atoms with van der Waals surface area (Å²) in [7, 11) is 0. The first-order chi connectivity index (χ1) is 18.3. The molecule has 0 unspecified atom stereocenters. The smallest absolute Gasteiger partial charge is 0.352 e. The fourth-order valence-electron chi connectivity index (χ4n) is 4.08. The minimum Gasteiger partial charge on any atom is -0.454 e. The fraction of sp³-hybridized carbons (Fsp3) is 0.214. The molecule has 0 bridgehead atoms. The lowest BCUT2D eigenvalue weighted by Gasteiger charge is -2.13. The van der Waals surface area contributed by atoms with Crippen LogP contribution in [0.1, 0.15) is 46.9 Å². The van der Waals surface area contributed by atoms with Gasteiger partial charge in [-0.05, 0) is 47.4 Å². The molecule has 0 saturated heterocycles. The lowest BCUT2D eigenvalue weighted by molar-refractivity contribution is 0.0941. The van der Waals surface area contributed by atoms with Crippen molar-refractivity contribution >= 4 is 5.91 Å². The van der Waals surface area contributed by atoms with Gasteiger partial charge in [-0.25, -0.2) is 9.18 Å². The first-order valence-corrected chi connectivity index (χ1v) is 12.1. The van der Waals surface area contributed by atoms with E-state index in [1.165, 1.54) is 18.2 Å². The minimum atomic E-state index is -0.920. The Balaban J connectivity index is 1.53. The molecule has 38 heavy (non-hydrogen) atoms.